The maximum Gasteiger partial charge on any atom is 0.152 e. The molecule has 5 heteroatoms. The number of benzene rings is 1. The van der Waals surface area contributed by atoms with Gasteiger partial charge in [-0.05, 0) is 31.5 Å². The zero-order valence-electron chi connectivity index (χ0n) is 11.3. The fourth-order valence-electron chi connectivity index (χ4n) is 2.26. The van der Waals surface area contributed by atoms with Gasteiger partial charge in [0.15, 0.2) is 5.82 Å². The van der Waals surface area contributed by atoms with Crippen molar-refractivity contribution in [3.8, 4) is 10.7 Å². The molecule has 0 spiro atoms. The largest absolute Gasteiger partial charge is 0.326 e. The summed E-state index contributed by atoms with van der Waals surface area (Å²) in [5.41, 5.74) is 10.1. The molecule has 0 atom stereocenters. The van der Waals surface area contributed by atoms with Crippen LogP contribution in [0.5, 0.6) is 0 Å². The van der Waals surface area contributed by atoms with E-state index in [1.807, 2.05) is 14.0 Å². The normalized spacial score (nSPS) is 11.4. The molecule has 3 rings (SSSR count). The van der Waals surface area contributed by atoms with Crippen molar-refractivity contribution in [2.45, 2.75) is 20.4 Å². The molecule has 2 aromatic heterocycles. The van der Waals surface area contributed by atoms with Gasteiger partial charge in [-0.2, -0.15) is 0 Å². The van der Waals surface area contributed by atoms with Crippen molar-refractivity contribution >= 4 is 22.4 Å². The minimum Gasteiger partial charge on any atom is -0.326 e. The van der Waals surface area contributed by atoms with E-state index in [1.54, 1.807) is 11.3 Å². The first kappa shape index (κ1) is 12.3. The predicted octanol–water partition coefficient (Wildman–Crippen LogP) is 2.77. The predicted molar refractivity (Wildman–Crippen MR) is 79.2 cm³/mol. The molecule has 4 nitrogen and oxygen atoms in total. The molecule has 98 valence electrons. The second-order valence-corrected chi connectivity index (χ2v) is 5.80. The third-order valence-corrected chi connectivity index (χ3v) is 4.43. The summed E-state index contributed by atoms with van der Waals surface area (Å²) in [5.74, 6) is 0.968. The van der Waals surface area contributed by atoms with Gasteiger partial charge in [-0.3, -0.25) is 0 Å². The zero-order chi connectivity index (χ0) is 13.6. The van der Waals surface area contributed by atoms with Crippen LogP contribution in [0.4, 0.5) is 0 Å². The molecule has 1 aromatic carbocycles. The number of nitrogens with two attached hydrogens (primary N) is 1. The minimum atomic E-state index is 0.481. The number of imidazole rings is 1. The van der Waals surface area contributed by atoms with Gasteiger partial charge in [0.1, 0.15) is 5.01 Å². The van der Waals surface area contributed by atoms with Gasteiger partial charge in [-0.25, -0.2) is 9.97 Å². The molecular weight excluding hydrogens is 256 g/mol. The van der Waals surface area contributed by atoms with Gasteiger partial charge < -0.3 is 10.3 Å². The average molecular weight is 272 g/mol. The number of thiazole rings is 1. The van der Waals surface area contributed by atoms with Crippen LogP contribution in [0.2, 0.25) is 0 Å². The molecule has 0 amide bonds. The Hall–Kier alpha value is -1.72. The van der Waals surface area contributed by atoms with E-state index in [2.05, 4.69) is 34.7 Å². The number of hydrogen-bond donors (Lipinski definition) is 1. The third-order valence-electron chi connectivity index (χ3n) is 3.25. The van der Waals surface area contributed by atoms with Crippen molar-refractivity contribution < 1.29 is 0 Å². The molecular formula is C14H16N4S. The van der Waals surface area contributed by atoms with Crippen molar-refractivity contribution in [2.24, 2.45) is 12.8 Å². The summed E-state index contributed by atoms with van der Waals surface area (Å²) in [5, 5.41) is 0.954. The summed E-state index contributed by atoms with van der Waals surface area (Å²) in [7, 11) is 2.04. The summed E-state index contributed by atoms with van der Waals surface area (Å²) < 4.78 is 2.12. The van der Waals surface area contributed by atoms with Crippen LogP contribution in [-0.2, 0) is 13.6 Å². The molecule has 19 heavy (non-hydrogen) atoms. The van der Waals surface area contributed by atoms with Crippen LogP contribution in [-0.4, -0.2) is 14.5 Å². The van der Waals surface area contributed by atoms with Crippen molar-refractivity contribution in [1.29, 1.82) is 0 Å². The highest BCUT2D eigenvalue weighted by atomic mass is 32.1. The molecule has 0 aliphatic rings. The van der Waals surface area contributed by atoms with Gasteiger partial charge in [0.2, 0.25) is 0 Å². The summed E-state index contributed by atoms with van der Waals surface area (Å²) in [6, 6.07) is 6.33. The van der Waals surface area contributed by atoms with Crippen molar-refractivity contribution in [3.63, 3.8) is 0 Å². The van der Waals surface area contributed by atoms with Crippen LogP contribution in [0.1, 0.15) is 16.3 Å². The molecule has 3 aromatic rings. The van der Waals surface area contributed by atoms with Gasteiger partial charge in [0.25, 0.3) is 0 Å². The smallest absolute Gasteiger partial charge is 0.152 e. The Morgan fingerprint density at radius 2 is 2.05 bits per heavy atom. The Morgan fingerprint density at radius 3 is 2.74 bits per heavy atom. The molecule has 0 radical (unpaired) electrons. The highest BCUT2D eigenvalue weighted by molar-refractivity contribution is 7.15. The quantitative estimate of drug-likeness (QED) is 0.780. The zero-order valence-corrected chi connectivity index (χ0v) is 12.1. The summed E-state index contributed by atoms with van der Waals surface area (Å²) in [6.07, 6.45) is 0. The van der Waals surface area contributed by atoms with E-state index in [0.29, 0.717) is 6.54 Å². The van der Waals surface area contributed by atoms with E-state index in [9.17, 15) is 0 Å². The summed E-state index contributed by atoms with van der Waals surface area (Å²) in [6.45, 7) is 4.57. The van der Waals surface area contributed by atoms with E-state index in [4.69, 9.17) is 10.7 Å². The monoisotopic (exact) mass is 272 g/mol. The SMILES string of the molecule is Cc1ccc2c(c1)nc(-c1sc(CN)nc1C)n2C. The van der Waals surface area contributed by atoms with Crippen LogP contribution >= 0.6 is 11.3 Å². The number of rotatable bonds is 2. The molecule has 0 saturated carbocycles. The lowest BCUT2D eigenvalue weighted by atomic mass is 10.2. The number of aromatic nitrogens is 3. The lowest BCUT2D eigenvalue weighted by Crippen LogP contribution is -1.94. The molecule has 0 fully saturated rings. The third kappa shape index (κ3) is 1.95. The fraction of sp³-hybridized carbons (Fsp3) is 0.286. The van der Waals surface area contributed by atoms with Gasteiger partial charge in [-0.1, -0.05) is 6.07 Å². The number of hydrogen-bond acceptors (Lipinski definition) is 4. The van der Waals surface area contributed by atoms with Gasteiger partial charge in [0.05, 0.1) is 21.6 Å². The van der Waals surface area contributed by atoms with Crippen molar-refractivity contribution in [2.75, 3.05) is 0 Å². The molecule has 2 N–H and O–H groups in total. The van der Waals surface area contributed by atoms with Crippen molar-refractivity contribution in [1.82, 2.24) is 14.5 Å². The van der Waals surface area contributed by atoms with Crippen LogP contribution in [0.15, 0.2) is 18.2 Å². The Morgan fingerprint density at radius 1 is 1.26 bits per heavy atom. The number of fused-ring (bicyclic) bond motifs is 1. The highest BCUT2D eigenvalue weighted by Gasteiger charge is 2.15. The first-order chi connectivity index (χ1) is 9.10. The Bertz CT molecular complexity index is 754. The topological polar surface area (TPSA) is 56.7 Å². The van der Waals surface area contributed by atoms with Crippen LogP contribution in [0.25, 0.3) is 21.7 Å². The maximum atomic E-state index is 5.66. The van der Waals surface area contributed by atoms with Crippen LogP contribution in [0.3, 0.4) is 0 Å². The molecule has 0 saturated heterocycles. The first-order valence-electron chi connectivity index (χ1n) is 6.20. The average Bonchev–Trinajstić information content (AvgIpc) is 2.90. The first-order valence-corrected chi connectivity index (χ1v) is 7.01. The molecule has 0 bridgehead atoms. The lowest BCUT2D eigenvalue weighted by Gasteiger charge is -2.00. The second-order valence-electron chi connectivity index (χ2n) is 4.71. The summed E-state index contributed by atoms with van der Waals surface area (Å²) in [4.78, 5) is 10.3. The second kappa shape index (κ2) is 4.43. The maximum absolute atomic E-state index is 5.66. The number of aryl methyl sites for hydroxylation is 3. The van der Waals surface area contributed by atoms with Gasteiger partial charge >= 0.3 is 0 Å². The highest BCUT2D eigenvalue weighted by Crippen LogP contribution is 2.31. The van der Waals surface area contributed by atoms with Crippen LogP contribution in [0, 0.1) is 13.8 Å². The van der Waals surface area contributed by atoms with E-state index in [0.717, 1.165) is 32.4 Å². The Balaban J connectivity index is 2.24. The lowest BCUT2D eigenvalue weighted by molar-refractivity contribution is 0.958. The minimum absolute atomic E-state index is 0.481. The van der Waals surface area contributed by atoms with E-state index < -0.39 is 0 Å². The molecule has 0 aliphatic heterocycles. The fourth-order valence-corrected chi connectivity index (χ4v) is 3.23. The molecule has 0 unspecified atom stereocenters. The van der Waals surface area contributed by atoms with E-state index >= 15 is 0 Å². The van der Waals surface area contributed by atoms with Crippen molar-refractivity contribution in [3.05, 3.63) is 34.5 Å². The summed E-state index contributed by atoms with van der Waals surface area (Å²) >= 11 is 1.63. The number of nitrogens with zero attached hydrogens (tertiary/aromatic N) is 3. The molecule has 2 heterocycles. The van der Waals surface area contributed by atoms with E-state index in [-0.39, 0.29) is 0 Å². The van der Waals surface area contributed by atoms with Gasteiger partial charge in [0, 0.05) is 13.6 Å². The molecule has 0 aliphatic carbocycles. The standard InChI is InChI=1S/C14H16N4S/c1-8-4-5-11-10(6-8)17-14(18(11)3)13-9(2)16-12(7-15)19-13/h4-6H,7,15H2,1-3H3. The van der Waals surface area contributed by atoms with Gasteiger partial charge in [-0.15, -0.1) is 11.3 Å². The Kier molecular flexibility index (Phi) is 2.88. The van der Waals surface area contributed by atoms with E-state index in [1.165, 1.54) is 5.56 Å². The van der Waals surface area contributed by atoms with Crippen LogP contribution < -0.4 is 5.73 Å². The Labute approximate surface area is 115 Å².